The van der Waals surface area contributed by atoms with E-state index in [1.165, 1.54) is 289 Å². The summed E-state index contributed by atoms with van der Waals surface area (Å²) in [5.74, 6) is -1.29. The van der Waals surface area contributed by atoms with Crippen LogP contribution >= 0.6 is 15.6 Å². The van der Waals surface area contributed by atoms with E-state index in [0.29, 0.717) is 25.7 Å². The highest BCUT2D eigenvalue weighted by atomic mass is 31.2. The second-order valence-corrected chi connectivity index (χ2v) is 34.3. The Kier molecular flexibility index (Phi) is 77.3. The Morgan fingerprint density at radius 3 is 0.648 bits per heavy atom. The molecule has 0 aliphatic heterocycles. The molecule has 0 aromatic carbocycles. The van der Waals surface area contributed by atoms with Crippen molar-refractivity contribution in [1.82, 2.24) is 0 Å². The van der Waals surface area contributed by atoms with Crippen LogP contribution < -0.4 is 0 Å². The van der Waals surface area contributed by atoms with Gasteiger partial charge in [-0.05, 0) is 31.6 Å². The summed E-state index contributed by atoms with van der Waals surface area (Å²) >= 11 is 0. The maximum absolute atomic E-state index is 13.1. The Bertz CT molecular complexity index is 2000. The fourth-order valence-electron chi connectivity index (χ4n) is 13.5. The molecule has 0 rings (SSSR count). The molecule has 0 saturated heterocycles. The maximum Gasteiger partial charge on any atom is 0.472 e. The average molecular weight is 1540 g/mol. The predicted molar refractivity (Wildman–Crippen MR) is 432 cm³/mol. The first kappa shape index (κ1) is 103. The summed E-state index contributed by atoms with van der Waals surface area (Å²) in [6, 6.07) is 0. The quantitative estimate of drug-likeness (QED) is 0.0222. The molecule has 3 N–H and O–H groups in total. The van der Waals surface area contributed by atoms with Gasteiger partial charge in [0.15, 0.2) is 12.2 Å². The average Bonchev–Trinajstić information content (AvgIpc) is 0.920. The van der Waals surface area contributed by atoms with E-state index in [4.69, 9.17) is 37.0 Å². The first-order valence-electron chi connectivity index (χ1n) is 44.6. The Labute approximate surface area is 645 Å². The van der Waals surface area contributed by atoms with Gasteiger partial charge in [0.25, 0.3) is 0 Å². The molecule has 0 radical (unpaired) electrons. The van der Waals surface area contributed by atoms with Crippen LogP contribution in [0.1, 0.15) is 465 Å². The molecule has 0 aliphatic carbocycles. The Balaban J connectivity index is 5.24. The minimum Gasteiger partial charge on any atom is -0.462 e. The lowest BCUT2D eigenvalue weighted by molar-refractivity contribution is -0.161. The number of carbonyl (C=O) groups is 4. The Morgan fingerprint density at radius 1 is 0.257 bits per heavy atom. The molecule has 17 nitrogen and oxygen atoms in total. The highest BCUT2D eigenvalue weighted by Gasteiger charge is 2.30. The van der Waals surface area contributed by atoms with E-state index in [1.54, 1.807) is 0 Å². The zero-order valence-electron chi connectivity index (χ0n) is 68.9. The molecule has 0 fully saturated rings. The molecule has 0 amide bonds. The molecule has 5 atom stereocenters. The van der Waals surface area contributed by atoms with E-state index in [-0.39, 0.29) is 25.7 Å². The van der Waals surface area contributed by atoms with Gasteiger partial charge in [0.05, 0.1) is 26.4 Å². The van der Waals surface area contributed by atoms with Gasteiger partial charge in [-0.3, -0.25) is 37.3 Å². The van der Waals surface area contributed by atoms with Gasteiger partial charge in [0, 0.05) is 25.7 Å². The topological polar surface area (TPSA) is 237 Å². The highest BCUT2D eigenvalue weighted by molar-refractivity contribution is 7.47. The summed E-state index contributed by atoms with van der Waals surface area (Å²) in [6.07, 6.45) is 72.1. The van der Waals surface area contributed by atoms with Crippen molar-refractivity contribution in [3.63, 3.8) is 0 Å². The lowest BCUT2D eigenvalue weighted by Crippen LogP contribution is -2.30. The van der Waals surface area contributed by atoms with E-state index in [2.05, 4.69) is 34.6 Å². The summed E-state index contributed by atoms with van der Waals surface area (Å²) in [6.45, 7) is 7.40. The van der Waals surface area contributed by atoms with Crippen molar-refractivity contribution in [3.05, 3.63) is 0 Å². The number of hydrogen-bond acceptors (Lipinski definition) is 15. The first-order chi connectivity index (χ1) is 51.0. The van der Waals surface area contributed by atoms with Crippen molar-refractivity contribution in [1.29, 1.82) is 0 Å². The Hall–Kier alpha value is -1.94. The minimum absolute atomic E-state index is 0.109. The molecule has 0 heterocycles. The SMILES string of the molecule is CCCCCCCCCCCCCCCCCCCCCCCC(=O)O[C@H](COC(=O)CCCCCCCCCCCCCCCCCC(C)C)COP(=O)(O)OC[C@@H](O)COP(=O)(O)OC[C@@H](COC(=O)CCCCCCCCCCCCCC)OC(=O)CCCCCCCCCCCCCCCC. The predicted octanol–water partition coefficient (Wildman–Crippen LogP) is 26.4. The fraction of sp³-hybridized carbons (Fsp3) is 0.953. The van der Waals surface area contributed by atoms with Crippen LogP contribution in [0.25, 0.3) is 0 Å². The largest absolute Gasteiger partial charge is 0.472 e. The minimum atomic E-state index is -4.97. The van der Waals surface area contributed by atoms with Gasteiger partial charge < -0.3 is 33.8 Å². The molecule has 0 spiro atoms. The molecule has 105 heavy (non-hydrogen) atoms. The molecule has 624 valence electrons. The van der Waals surface area contributed by atoms with Crippen LogP contribution in [0.15, 0.2) is 0 Å². The number of rotatable bonds is 86. The lowest BCUT2D eigenvalue weighted by atomic mass is 10.0. The summed E-state index contributed by atoms with van der Waals surface area (Å²) in [7, 11) is -9.93. The van der Waals surface area contributed by atoms with Crippen LogP contribution in [-0.2, 0) is 65.4 Å². The summed E-state index contributed by atoms with van der Waals surface area (Å²) in [4.78, 5) is 73.2. The van der Waals surface area contributed by atoms with Crippen molar-refractivity contribution in [3.8, 4) is 0 Å². The number of aliphatic hydroxyl groups excluding tert-OH is 1. The van der Waals surface area contributed by atoms with Crippen molar-refractivity contribution in [2.24, 2.45) is 5.92 Å². The van der Waals surface area contributed by atoms with Gasteiger partial charge in [0.2, 0.25) is 0 Å². The van der Waals surface area contributed by atoms with Gasteiger partial charge in [-0.1, -0.05) is 413 Å². The first-order valence-corrected chi connectivity index (χ1v) is 47.6. The number of carbonyl (C=O) groups excluding carboxylic acids is 4. The monoisotopic (exact) mass is 1540 g/mol. The third-order valence-corrected chi connectivity index (χ3v) is 22.2. The maximum atomic E-state index is 13.1. The van der Waals surface area contributed by atoms with Gasteiger partial charge in [0.1, 0.15) is 19.3 Å². The van der Waals surface area contributed by atoms with Gasteiger partial charge in [-0.25, -0.2) is 9.13 Å². The number of phosphoric ester groups is 2. The summed E-state index contributed by atoms with van der Waals surface area (Å²) < 4.78 is 68.9. The van der Waals surface area contributed by atoms with Crippen molar-refractivity contribution in [2.75, 3.05) is 39.6 Å². The van der Waals surface area contributed by atoms with E-state index in [0.717, 1.165) is 95.8 Å². The zero-order chi connectivity index (χ0) is 76.9. The second kappa shape index (κ2) is 78.7. The smallest absolute Gasteiger partial charge is 0.462 e. The summed E-state index contributed by atoms with van der Waals surface area (Å²) in [5.41, 5.74) is 0. The van der Waals surface area contributed by atoms with E-state index in [9.17, 15) is 43.2 Å². The highest BCUT2D eigenvalue weighted by Crippen LogP contribution is 2.45. The van der Waals surface area contributed by atoms with Gasteiger partial charge in [-0.15, -0.1) is 0 Å². The molecule has 0 bridgehead atoms. The zero-order valence-corrected chi connectivity index (χ0v) is 70.7. The summed E-state index contributed by atoms with van der Waals surface area (Å²) in [5, 5.41) is 10.7. The molecule has 0 saturated carbocycles. The van der Waals surface area contributed by atoms with Crippen LogP contribution in [0, 0.1) is 5.92 Å². The van der Waals surface area contributed by atoms with Crippen molar-refractivity contribution < 1.29 is 80.2 Å². The van der Waals surface area contributed by atoms with Crippen LogP contribution in [0.5, 0.6) is 0 Å². The lowest BCUT2D eigenvalue weighted by Gasteiger charge is -2.21. The number of aliphatic hydroxyl groups is 1. The molecule has 0 aromatic rings. The number of hydrogen-bond donors (Lipinski definition) is 3. The van der Waals surface area contributed by atoms with E-state index >= 15 is 0 Å². The normalized spacial score (nSPS) is 13.8. The van der Waals surface area contributed by atoms with Crippen molar-refractivity contribution >= 4 is 39.5 Å². The molecule has 2 unspecified atom stereocenters. The van der Waals surface area contributed by atoms with E-state index < -0.39 is 97.5 Å². The molecular formula is C86H168O17P2. The number of unbranched alkanes of at least 4 members (excludes halogenated alkanes) is 58. The van der Waals surface area contributed by atoms with Crippen LogP contribution in [0.3, 0.4) is 0 Å². The van der Waals surface area contributed by atoms with Crippen molar-refractivity contribution in [2.45, 2.75) is 483 Å². The molecule has 19 heteroatoms. The third-order valence-electron chi connectivity index (χ3n) is 20.3. The van der Waals surface area contributed by atoms with Crippen LogP contribution in [0.4, 0.5) is 0 Å². The standard InChI is InChI=1S/C86H168O17P2/c1-6-9-12-15-18-21-24-27-29-30-31-32-33-34-37-42-47-52-57-62-67-72-86(91)103-82(76-97-84(89)70-65-60-55-50-45-41-38-35-36-39-43-48-53-58-63-68-79(4)5)78-101-105(94,95)99-74-80(87)73-98-104(92,93)100-77-81(75-96-83(88)69-64-59-54-49-44-26-23-20-17-14-11-8-3)102-85(90)71-66-61-56-51-46-40-28-25-22-19-16-13-10-7-2/h79-82,87H,6-78H2,1-5H3,(H,92,93)(H,94,95)/t80-,81+,82+/m0/s1. The van der Waals surface area contributed by atoms with Gasteiger partial charge in [-0.2, -0.15) is 0 Å². The molecule has 0 aromatic heterocycles. The Morgan fingerprint density at radius 2 is 0.438 bits per heavy atom. The number of esters is 4. The molecular weight excluding hydrogens is 1370 g/mol. The van der Waals surface area contributed by atoms with Crippen LogP contribution in [-0.4, -0.2) is 96.7 Å². The van der Waals surface area contributed by atoms with Crippen LogP contribution in [0.2, 0.25) is 0 Å². The number of ether oxygens (including phenoxy) is 4. The number of phosphoric acid groups is 2. The van der Waals surface area contributed by atoms with E-state index in [1.807, 2.05) is 0 Å². The second-order valence-electron chi connectivity index (χ2n) is 31.4. The molecule has 0 aliphatic rings. The van der Waals surface area contributed by atoms with Gasteiger partial charge >= 0.3 is 39.5 Å². The third kappa shape index (κ3) is 79.9. The fourth-order valence-corrected chi connectivity index (χ4v) is 15.1.